The van der Waals surface area contributed by atoms with Gasteiger partial charge in [-0.3, -0.25) is 9.69 Å². The number of methoxy groups -OCH3 is 1. The second kappa shape index (κ2) is 16.1. The van der Waals surface area contributed by atoms with Gasteiger partial charge in [0.1, 0.15) is 28.4 Å². The molecule has 2 atom stereocenters. The molecule has 15 heteroatoms. The highest BCUT2D eigenvalue weighted by atomic mass is 35.5. The van der Waals surface area contributed by atoms with E-state index in [4.69, 9.17) is 37.8 Å². The van der Waals surface area contributed by atoms with E-state index in [1.54, 1.807) is 6.07 Å². The maximum atomic E-state index is 15.8. The van der Waals surface area contributed by atoms with Crippen molar-refractivity contribution < 1.29 is 38.1 Å². The number of aliphatic hydroxyl groups is 1. The smallest absolute Gasteiger partial charge is 0.335 e. The van der Waals surface area contributed by atoms with Crippen molar-refractivity contribution in [2.24, 2.45) is 7.05 Å². The summed E-state index contributed by atoms with van der Waals surface area (Å²) in [4.78, 5) is 31.6. The molecular weight excluding hydrogens is 767 g/mol. The number of amides is 1. The topological polar surface area (TPSA) is 138 Å². The highest BCUT2D eigenvalue weighted by Gasteiger charge is 2.31. The van der Waals surface area contributed by atoms with Crippen molar-refractivity contribution in [3.05, 3.63) is 122 Å². The molecule has 0 bridgehead atoms. The molecule has 292 valence electrons. The zero-order valence-corrected chi connectivity index (χ0v) is 32.3. The summed E-state index contributed by atoms with van der Waals surface area (Å²) in [5.41, 5.74) is 5.46. The van der Waals surface area contributed by atoms with Gasteiger partial charge in [-0.25, -0.2) is 18.6 Å². The van der Waals surface area contributed by atoms with Crippen LogP contribution in [0.1, 0.15) is 68.5 Å². The molecule has 11 nitrogen and oxygen atoms in total. The molecule has 4 N–H and O–H groups in total. The predicted molar refractivity (Wildman–Crippen MR) is 209 cm³/mol. The van der Waals surface area contributed by atoms with Crippen molar-refractivity contribution in [2.45, 2.75) is 51.4 Å². The number of carbonyl (C=O) groups excluding carboxylic acids is 1. The summed E-state index contributed by atoms with van der Waals surface area (Å²) in [5, 5.41) is 24.6. The average molecular weight is 807 g/mol. The van der Waals surface area contributed by atoms with E-state index < -0.39 is 29.6 Å². The Bertz CT molecular complexity index is 2350. The number of nitrogens with zero attached hydrogens (tertiary/aromatic N) is 3. The molecule has 1 aliphatic heterocycles. The van der Waals surface area contributed by atoms with Crippen LogP contribution in [-0.4, -0.2) is 62.8 Å². The van der Waals surface area contributed by atoms with Gasteiger partial charge in [0.25, 0.3) is 5.91 Å². The van der Waals surface area contributed by atoms with Gasteiger partial charge < -0.3 is 34.9 Å². The molecule has 4 aromatic carbocycles. The first-order valence-electron chi connectivity index (χ1n) is 18.0. The van der Waals surface area contributed by atoms with Crippen LogP contribution in [0.2, 0.25) is 10.0 Å². The van der Waals surface area contributed by atoms with Crippen molar-refractivity contribution in [1.82, 2.24) is 14.5 Å². The number of nitrogens with one attached hydrogen (secondary N) is 2. The molecule has 2 unspecified atom stereocenters. The summed E-state index contributed by atoms with van der Waals surface area (Å²) >= 11 is 13.5. The third-order valence-electron chi connectivity index (χ3n) is 10.5. The molecule has 0 radical (unpaired) electrons. The maximum Gasteiger partial charge on any atom is 0.335 e. The summed E-state index contributed by atoms with van der Waals surface area (Å²) in [7, 11) is 3.20. The average Bonchev–Trinajstić information content (AvgIpc) is 3.76. The number of imidazole rings is 1. The lowest BCUT2D eigenvalue weighted by molar-refractivity contribution is 0.0696. The highest BCUT2D eigenvalue weighted by Crippen LogP contribution is 2.45. The fourth-order valence-corrected chi connectivity index (χ4v) is 7.92. The summed E-state index contributed by atoms with van der Waals surface area (Å²) in [6.07, 6.45) is 1.42. The second-order valence-corrected chi connectivity index (χ2v) is 14.6. The molecule has 1 amide bonds. The van der Waals surface area contributed by atoms with E-state index in [9.17, 15) is 19.1 Å². The predicted octanol–water partition coefficient (Wildman–Crippen LogP) is 8.05. The van der Waals surface area contributed by atoms with Crippen LogP contribution in [0.3, 0.4) is 0 Å². The quantitative estimate of drug-likeness (QED) is 0.0987. The number of aromatic nitrogens is 2. The van der Waals surface area contributed by atoms with Crippen molar-refractivity contribution in [2.75, 3.05) is 30.9 Å². The van der Waals surface area contributed by atoms with Crippen LogP contribution in [0.5, 0.6) is 11.5 Å². The fraction of sp³-hybridized carbons (Fsp3) is 0.293. The Morgan fingerprint density at radius 1 is 1.02 bits per heavy atom. The number of ether oxygens (including phenoxy) is 2. The largest absolute Gasteiger partial charge is 0.496 e. The van der Waals surface area contributed by atoms with Crippen LogP contribution in [-0.2, 0) is 33.0 Å². The van der Waals surface area contributed by atoms with Crippen molar-refractivity contribution in [3.63, 3.8) is 0 Å². The molecule has 0 fully saturated rings. The Labute approximate surface area is 331 Å². The lowest BCUT2D eigenvalue weighted by atomic mass is 9.96. The fourth-order valence-electron chi connectivity index (χ4n) is 7.43. The molecule has 1 aromatic heterocycles. The van der Waals surface area contributed by atoms with Crippen LogP contribution < -0.4 is 20.1 Å². The second-order valence-electron chi connectivity index (χ2n) is 13.8. The number of aromatic carboxylic acids is 1. The molecule has 7 rings (SSSR count). The van der Waals surface area contributed by atoms with Crippen LogP contribution >= 0.6 is 23.2 Å². The first-order chi connectivity index (χ1) is 26.9. The number of carboxylic acid groups (broad SMARTS) is 1. The SMILES string of the molecule is COc1cc(OC2CCc3c(-c4cccc(NC(=O)c5nc6c(n5C)CCN(C(C)CO)C6)c4Cl)cccc32)c(Cl)c(F)c1CNc1ccc(C(=O)O)cc1F. The van der Waals surface area contributed by atoms with Gasteiger partial charge in [0, 0.05) is 56.5 Å². The standard InChI is InChI=1S/C41H39Cl2F2N5O6/c1-21(20-51)50-15-14-32-31(19-50)47-39(49(32)2)40(52)48-30-9-5-8-26(36(30)42)23-6-4-7-25-24(23)11-13-33(25)56-35-17-34(55-3)27(38(45)37(35)43)18-46-29-12-10-22(41(53)54)16-28(29)44/h4-10,12,16-17,21,33,46,51H,11,13-15,18-20H2,1-3H3,(H,48,52)(H,53,54). The maximum absolute atomic E-state index is 15.8. The van der Waals surface area contributed by atoms with E-state index in [1.807, 2.05) is 48.9 Å². The molecule has 0 saturated carbocycles. The van der Waals surface area contributed by atoms with E-state index in [1.165, 1.54) is 25.3 Å². The number of halogens is 4. The lowest BCUT2D eigenvalue weighted by Crippen LogP contribution is -2.39. The van der Waals surface area contributed by atoms with Crippen LogP contribution in [0.15, 0.2) is 60.7 Å². The molecule has 2 heterocycles. The van der Waals surface area contributed by atoms with Crippen LogP contribution in [0.25, 0.3) is 11.1 Å². The normalized spacial score (nSPS) is 15.5. The van der Waals surface area contributed by atoms with Crippen LogP contribution in [0, 0.1) is 11.6 Å². The molecular formula is C41H39Cl2F2N5O6. The highest BCUT2D eigenvalue weighted by molar-refractivity contribution is 6.36. The third-order valence-corrected chi connectivity index (χ3v) is 11.3. The molecule has 5 aromatic rings. The number of anilines is 2. The van der Waals surface area contributed by atoms with E-state index >= 15 is 4.39 Å². The Hall–Kier alpha value is -5.21. The van der Waals surface area contributed by atoms with Gasteiger partial charge in [0.05, 0.1) is 46.9 Å². The molecule has 1 aliphatic carbocycles. The number of hydrogen-bond donors (Lipinski definition) is 4. The Morgan fingerprint density at radius 3 is 2.52 bits per heavy atom. The van der Waals surface area contributed by atoms with Gasteiger partial charge in [-0.1, -0.05) is 53.5 Å². The lowest BCUT2D eigenvalue weighted by Gasteiger charge is -2.30. The van der Waals surface area contributed by atoms with E-state index in [-0.39, 0.29) is 58.4 Å². The molecule has 56 heavy (non-hydrogen) atoms. The third kappa shape index (κ3) is 7.39. The molecule has 0 saturated heterocycles. The van der Waals surface area contributed by atoms with Gasteiger partial charge in [0.2, 0.25) is 0 Å². The Morgan fingerprint density at radius 2 is 1.79 bits per heavy atom. The zero-order chi connectivity index (χ0) is 39.8. The first kappa shape index (κ1) is 39.0. The van der Waals surface area contributed by atoms with E-state index in [0.29, 0.717) is 42.1 Å². The van der Waals surface area contributed by atoms with Crippen molar-refractivity contribution in [1.29, 1.82) is 0 Å². The first-order valence-corrected chi connectivity index (χ1v) is 18.7. The van der Waals surface area contributed by atoms with E-state index in [2.05, 4.69) is 20.5 Å². The van der Waals surface area contributed by atoms with Gasteiger partial charge in [0.15, 0.2) is 11.6 Å². The summed E-state index contributed by atoms with van der Waals surface area (Å²) in [5.74, 6) is -2.81. The number of carbonyl (C=O) groups is 2. The monoisotopic (exact) mass is 805 g/mol. The van der Waals surface area contributed by atoms with Gasteiger partial charge in [-0.15, -0.1) is 0 Å². The number of aliphatic hydroxyl groups excluding tert-OH is 1. The number of benzene rings is 4. The van der Waals surface area contributed by atoms with Gasteiger partial charge >= 0.3 is 5.97 Å². The minimum atomic E-state index is -1.27. The van der Waals surface area contributed by atoms with E-state index in [0.717, 1.165) is 40.7 Å². The number of carboxylic acids is 1. The summed E-state index contributed by atoms with van der Waals surface area (Å²) in [6, 6.07) is 16.1. The number of rotatable bonds is 12. The Kier molecular flexibility index (Phi) is 11.2. The summed E-state index contributed by atoms with van der Waals surface area (Å²) < 4.78 is 44.0. The molecule has 0 spiro atoms. The van der Waals surface area contributed by atoms with Gasteiger partial charge in [-0.05, 0) is 60.7 Å². The van der Waals surface area contributed by atoms with Crippen molar-refractivity contribution in [3.8, 4) is 22.6 Å². The van der Waals surface area contributed by atoms with Crippen LogP contribution in [0.4, 0.5) is 20.2 Å². The number of hydrogen-bond acceptors (Lipinski definition) is 8. The van der Waals surface area contributed by atoms with Crippen molar-refractivity contribution >= 4 is 46.5 Å². The minimum Gasteiger partial charge on any atom is -0.496 e. The Balaban J connectivity index is 1.09. The minimum absolute atomic E-state index is 0.0100. The number of fused-ring (bicyclic) bond motifs is 2. The van der Waals surface area contributed by atoms with Gasteiger partial charge in [-0.2, -0.15) is 0 Å². The summed E-state index contributed by atoms with van der Waals surface area (Å²) in [6.45, 7) is 3.10. The zero-order valence-electron chi connectivity index (χ0n) is 30.8. The molecule has 2 aliphatic rings.